The molecule has 43 heavy (non-hydrogen) atoms. The van der Waals surface area contributed by atoms with Gasteiger partial charge in [-0.25, -0.2) is 4.39 Å². The first-order valence-corrected chi connectivity index (χ1v) is 12.9. The van der Waals surface area contributed by atoms with Crippen molar-refractivity contribution in [3.05, 3.63) is 65.1 Å². The average Bonchev–Trinajstić information content (AvgIpc) is 2.93. The number of alkyl halides is 4. The summed E-state index contributed by atoms with van der Waals surface area (Å²) in [5.41, 5.74) is -3.04. The number of aromatic hydroxyl groups is 5. The summed E-state index contributed by atoms with van der Waals surface area (Å²) in [6.45, 7) is 0.652. The molecule has 1 fully saturated rings. The lowest BCUT2D eigenvalue weighted by Gasteiger charge is -2.37. The number of aromatic nitrogens is 1. The Hall–Kier alpha value is -4.56. The molecule has 4 aromatic rings. The summed E-state index contributed by atoms with van der Waals surface area (Å²) in [5.74, 6) is -6.68. The SMILES string of the molecule is Oc1ccc2c(C(O)c3c(O)c(O)c(OCCN4CC(CF)C4)c(O)c3O)c(-c3ccc(C(F)(F)F)cc3F)cnc2c1. The number of rotatable bonds is 8. The standard InChI is InChI=1S/C29H25F5N2O7/c30-9-13-11-36(12-13)5-6-43-28-26(41)24(39)22(25(40)27(28)42)23(38)21-17-4-2-15(37)8-20(17)35-10-18(21)16-3-1-14(7-19(16)31)29(32,33)34/h1-4,7-8,10,13,23,37-42H,5-6,9,11-12H2. The van der Waals surface area contributed by atoms with E-state index in [-0.39, 0.29) is 52.9 Å². The fourth-order valence-corrected chi connectivity index (χ4v) is 5.09. The zero-order valence-corrected chi connectivity index (χ0v) is 22.1. The van der Waals surface area contributed by atoms with Crippen molar-refractivity contribution in [3.8, 4) is 45.6 Å². The molecule has 0 bridgehead atoms. The fourth-order valence-electron chi connectivity index (χ4n) is 5.09. The predicted molar refractivity (Wildman–Crippen MR) is 142 cm³/mol. The van der Waals surface area contributed by atoms with Crippen LogP contribution in [-0.4, -0.2) is 73.4 Å². The Balaban J connectivity index is 1.59. The van der Waals surface area contributed by atoms with Gasteiger partial charge in [0.25, 0.3) is 0 Å². The molecule has 14 heteroatoms. The van der Waals surface area contributed by atoms with Crippen LogP contribution in [0.3, 0.4) is 0 Å². The van der Waals surface area contributed by atoms with Crippen LogP contribution < -0.4 is 4.74 Å². The van der Waals surface area contributed by atoms with Gasteiger partial charge >= 0.3 is 6.18 Å². The maximum Gasteiger partial charge on any atom is 0.416 e. The van der Waals surface area contributed by atoms with Crippen LogP contribution >= 0.6 is 0 Å². The number of ether oxygens (including phenoxy) is 1. The molecule has 0 saturated carbocycles. The van der Waals surface area contributed by atoms with Gasteiger partial charge in [0.15, 0.2) is 11.5 Å². The number of hydrogen-bond donors (Lipinski definition) is 6. The summed E-state index contributed by atoms with van der Waals surface area (Å²) in [7, 11) is 0. The lowest BCUT2D eigenvalue weighted by atomic mass is 9.89. The minimum Gasteiger partial charge on any atom is -0.508 e. The Bertz CT molecular complexity index is 1660. The Labute approximate surface area is 240 Å². The zero-order chi connectivity index (χ0) is 31.2. The molecule has 228 valence electrons. The number of phenolic OH excluding ortho intramolecular Hbond substituents is 5. The Kier molecular flexibility index (Phi) is 7.84. The van der Waals surface area contributed by atoms with E-state index >= 15 is 4.39 Å². The molecule has 1 saturated heterocycles. The molecular weight excluding hydrogens is 583 g/mol. The van der Waals surface area contributed by atoms with Crippen molar-refractivity contribution in [2.45, 2.75) is 12.3 Å². The second-order valence-electron chi connectivity index (χ2n) is 10.1. The van der Waals surface area contributed by atoms with Gasteiger partial charge in [-0.3, -0.25) is 14.3 Å². The number of aliphatic hydroxyl groups excluding tert-OH is 1. The van der Waals surface area contributed by atoms with Crippen molar-refractivity contribution < 1.29 is 57.3 Å². The molecule has 1 aromatic heterocycles. The number of pyridine rings is 1. The summed E-state index contributed by atoms with van der Waals surface area (Å²) >= 11 is 0. The molecule has 2 heterocycles. The molecule has 6 N–H and O–H groups in total. The monoisotopic (exact) mass is 608 g/mol. The Morgan fingerprint density at radius 2 is 1.58 bits per heavy atom. The maximum atomic E-state index is 15.1. The van der Waals surface area contributed by atoms with Crippen LogP contribution in [0.1, 0.15) is 22.8 Å². The molecule has 0 radical (unpaired) electrons. The van der Waals surface area contributed by atoms with Gasteiger partial charge in [0.1, 0.15) is 24.3 Å². The highest BCUT2D eigenvalue weighted by Gasteiger charge is 2.34. The average molecular weight is 609 g/mol. The largest absolute Gasteiger partial charge is 0.508 e. The van der Waals surface area contributed by atoms with Gasteiger partial charge in [0.2, 0.25) is 17.2 Å². The number of fused-ring (bicyclic) bond motifs is 1. The first-order valence-electron chi connectivity index (χ1n) is 12.9. The minimum absolute atomic E-state index is 0.0290. The van der Waals surface area contributed by atoms with Crippen LogP contribution in [0.2, 0.25) is 0 Å². The normalized spacial score (nSPS) is 15.0. The molecule has 0 amide bonds. The van der Waals surface area contributed by atoms with E-state index < -0.39 is 70.2 Å². The summed E-state index contributed by atoms with van der Waals surface area (Å²) in [4.78, 5) is 5.94. The van der Waals surface area contributed by atoms with Crippen LogP contribution in [0.5, 0.6) is 34.5 Å². The smallest absolute Gasteiger partial charge is 0.416 e. The third kappa shape index (κ3) is 5.50. The highest BCUT2D eigenvalue weighted by atomic mass is 19.4. The molecule has 5 rings (SSSR count). The van der Waals surface area contributed by atoms with Crippen molar-refractivity contribution >= 4 is 10.9 Å². The highest BCUT2D eigenvalue weighted by molar-refractivity contribution is 5.91. The maximum absolute atomic E-state index is 15.1. The van der Waals surface area contributed by atoms with E-state index in [4.69, 9.17) is 4.74 Å². The van der Waals surface area contributed by atoms with E-state index in [1.165, 1.54) is 18.2 Å². The van der Waals surface area contributed by atoms with Gasteiger partial charge in [0, 0.05) is 59.9 Å². The molecule has 0 spiro atoms. The molecule has 1 unspecified atom stereocenters. The van der Waals surface area contributed by atoms with Crippen LogP contribution in [0.25, 0.3) is 22.0 Å². The minimum atomic E-state index is -4.84. The van der Waals surface area contributed by atoms with Gasteiger partial charge < -0.3 is 35.4 Å². The van der Waals surface area contributed by atoms with E-state index in [0.717, 1.165) is 12.3 Å². The topological polar surface area (TPSA) is 147 Å². The zero-order valence-electron chi connectivity index (χ0n) is 22.1. The van der Waals surface area contributed by atoms with Gasteiger partial charge in [-0.1, -0.05) is 6.07 Å². The van der Waals surface area contributed by atoms with Gasteiger partial charge in [0.05, 0.1) is 23.3 Å². The molecule has 1 aliphatic heterocycles. The van der Waals surface area contributed by atoms with Gasteiger partial charge in [-0.05, 0) is 24.3 Å². The van der Waals surface area contributed by atoms with E-state index in [1.807, 2.05) is 4.90 Å². The van der Waals surface area contributed by atoms with Crippen molar-refractivity contribution in [2.24, 2.45) is 5.92 Å². The number of benzene rings is 3. The Morgan fingerprint density at radius 3 is 2.19 bits per heavy atom. The van der Waals surface area contributed by atoms with Crippen molar-refractivity contribution in [1.29, 1.82) is 0 Å². The lowest BCUT2D eigenvalue weighted by Crippen LogP contribution is -2.49. The molecule has 9 nitrogen and oxygen atoms in total. The number of aliphatic hydroxyl groups is 1. The van der Waals surface area contributed by atoms with E-state index in [2.05, 4.69) is 4.98 Å². The molecule has 1 aliphatic rings. The van der Waals surface area contributed by atoms with Crippen molar-refractivity contribution in [1.82, 2.24) is 9.88 Å². The number of phenols is 5. The van der Waals surface area contributed by atoms with Crippen LogP contribution in [0, 0.1) is 11.7 Å². The molecule has 0 aliphatic carbocycles. The summed E-state index contributed by atoms with van der Waals surface area (Å²) in [6, 6.07) is 5.31. The van der Waals surface area contributed by atoms with Crippen LogP contribution in [-0.2, 0) is 6.18 Å². The number of hydrogen-bond acceptors (Lipinski definition) is 9. The van der Waals surface area contributed by atoms with Gasteiger partial charge in [-0.15, -0.1) is 0 Å². The van der Waals surface area contributed by atoms with Gasteiger partial charge in [-0.2, -0.15) is 13.2 Å². The number of nitrogens with zero attached hydrogens (tertiary/aromatic N) is 2. The second kappa shape index (κ2) is 11.3. The first kappa shape index (κ1) is 29.9. The first-order chi connectivity index (χ1) is 20.3. The predicted octanol–water partition coefficient (Wildman–Crippen LogP) is 4.95. The van der Waals surface area contributed by atoms with E-state index in [9.17, 15) is 48.2 Å². The number of likely N-dealkylation sites (tertiary alicyclic amines) is 1. The van der Waals surface area contributed by atoms with E-state index in [0.29, 0.717) is 19.2 Å². The Morgan fingerprint density at radius 1 is 0.907 bits per heavy atom. The van der Waals surface area contributed by atoms with Crippen LogP contribution in [0.15, 0.2) is 42.6 Å². The number of halogens is 5. The third-order valence-corrected chi connectivity index (χ3v) is 7.32. The lowest BCUT2D eigenvalue weighted by molar-refractivity contribution is -0.137. The second-order valence-corrected chi connectivity index (χ2v) is 10.1. The summed E-state index contributed by atoms with van der Waals surface area (Å²) in [5, 5.41) is 64.4. The quantitative estimate of drug-likeness (QED) is 0.0929. The third-order valence-electron chi connectivity index (χ3n) is 7.32. The van der Waals surface area contributed by atoms with Crippen molar-refractivity contribution in [2.75, 3.05) is 32.9 Å². The molecule has 3 aromatic carbocycles. The van der Waals surface area contributed by atoms with Crippen molar-refractivity contribution in [3.63, 3.8) is 0 Å². The van der Waals surface area contributed by atoms with Crippen LogP contribution in [0.4, 0.5) is 22.0 Å². The summed E-state index contributed by atoms with van der Waals surface area (Å²) in [6.07, 6.45) is -5.97. The highest BCUT2D eigenvalue weighted by Crippen LogP contribution is 2.55. The fraction of sp³-hybridized carbons (Fsp3) is 0.276. The van der Waals surface area contributed by atoms with E-state index in [1.54, 1.807) is 0 Å². The molecular formula is C29H25F5N2O7. The molecule has 1 atom stereocenters. The summed E-state index contributed by atoms with van der Waals surface area (Å²) < 4.78 is 72.6.